The summed E-state index contributed by atoms with van der Waals surface area (Å²) < 4.78 is 0. The molecule has 138 valence electrons. The zero-order valence-electron chi connectivity index (χ0n) is 15.8. The summed E-state index contributed by atoms with van der Waals surface area (Å²) >= 11 is 0. The van der Waals surface area contributed by atoms with Crippen LogP contribution in [0, 0.1) is 6.92 Å². The van der Waals surface area contributed by atoms with Gasteiger partial charge in [0.15, 0.2) is 0 Å². The summed E-state index contributed by atoms with van der Waals surface area (Å²) in [6.07, 6.45) is 2.91. The van der Waals surface area contributed by atoms with Crippen molar-refractivity contribution >= 4 is 11.6 Å². The molecular weight excluding hydrogens is 322 g/mol. The van der Waals surface area contributed by atoms with Gasteiger partial charge < -0.3 is 15.5 Å². The molecule has 0 unspecified atom stereocenters. The van der Waals surface area contributed by atoms with Crippen LogP contribution < -0.4 is 5.73 Å². The molecule has 1 amide bonds. The number of amides is 1. The molecule has 0 spiro atoms. The van der Waals surface area contributed by atoms with Crippen LogP contribution in [0.15, 0.2) is 48.5 Å². The number of carbonyl (C=O) groups excluding carboxylic acids is 1. The zero-order valence-corrected chi connectivity index (χ0v) is 15.8. The third-order valence-corrected chi connectivity index (χ3v) is 5.26. The van der Waals surface area contributed by atoms with Gasteiger partial charge in [-0.3, -0.25) is 4.79 Å². The monoisotopic (exact) mass is 351 g/mol. The summed E-state index contributed by atoms with van der Waals surface area (Å²) in [4.78, 5) is 17.3. The number of benzene rings is 2. The van der Waals surface area contributed by atoms with E-state index in [1.54, 1.807) is 0 Å². The first-order valence-corrected chi connectivity index (χ1v) is 9.42. The topological polar surface area (TPSA) is 49.6 Å². The quantitative estimate of drug-likeness (QED) is 0.812. The molecule has 1 aliphatic heterocycles. The fourth-order valence-corrected chi connectivity index (χ4v) is 3.61. The highest BCUT2D eigenvalue weighted by atomic mass is 16.2. The van der Waals surface area contributed by atoms with Crippen molar-refractivity contribution in [2.45, 2.75) is 32.2 Å². The molecule has 0 radical (unpaired) electrons. The van der Waals surface area contributed by atoms with Gasteiger partial charge in [-0.05, 0) is 56.1 Å². The number of likely N-dealkylation sites (tertiary alicyclic amines) is 1. The minimum atomic E-state index is 0.0227. The lowest BCUT2D eigenvalue weighted by Gasteiger charge is -2.32. The first kappa shape index (κ1) is 18.5. The second-order valence-corrected chi connectivity index (χ2v) is 7.36. The normalized spacial score (nSPS) is 15.8. The number of anilines is 1. The van der Waals surface area contributed by atoms with Gasteiger partial charge in [0, 0.05) is 19.3 Å². The Hall–Kier alpha value is -2.33. The number of likely N-dealkylation sites (N-methyl/N-ethyl adjacent to an activating group) is 1. The number of carbonyl (C=O) groups is 1. The predicted octanol–water partition coefficient (Wildman–Crippen LogP) is 3.42. The molecule has 1 atom stereocenters. The number of nitrogens with two attached hydrogens (primary N) is 1. The van der Waals surface area contributed by atoms with Crippen LogP contribution in [0.5, 0.6) is 0 Å². The smallest absolute Gasteiger partial charge is 0.227 e. The Balaban J connectivity index is 1.77. The molecule has 1 saturated heterocycles. The molecule has 0 bridgehead atoms. The summed E-state index contributed by atoms with van der Waals surface area (Å²) in [6.45, 7) is 5.14. The molecule has 1 fully saturated rings. The number of hydrogen-bond acceptors (Lipinski definition) is 3. The Morgan fingerprint density at radius 2 is 1.85 bits per heavy atom. The molecule has 1 heterocycles. The van der Waals surface area contributed by atoms with Crippen LogP contribution in [-0.2, 0) is 11.2 Å². The second-order valence-electron chi connectivity index (χ2n) is 7.36. The maximum atomic E-state index is 12.9. The molecule has 26 heavy (non-hydrogen) atoms. The third-order valence-electron chi connectivity index (χ3n) is 5.26. The Kier molecular flexibility index (Phi) is 5.94. The van der Waals surface area contributed by atoms with Crippen LogP contribution in [-0.4, -0.2) is 42.4 Å². The van der Waals surface area contributed by atoms with Crippen LogP contribution >= 0.6 is 0 Å². The van der Waals surface area contributed by atoms with E-state index in [1.807, 2.05) is 42.3 Å². The fourth-order valence-electron chi connectivity index (χ4n) is 3.61. The Labute approximate surface area is 156 Å². The minimum Gasteiger partial charge on any atom is -0.399 e. The van der Waals surface area contributed by atoms with Crippen molar-refractivity contribution in [3.63, 3.8) is 0 Å². The first-order valence-electron chi connectivity index (χ1n) is 9.42. The molecule has 0 aromatic heterocycles. The van der Waals surface area contributed by atoms with Crippen LogP contribution in [0.2, 0.25) is 0 Å². The molecular formula is C22H29N3O. The van der Waals surface area contributed by atoms with Crippen molar-refractivity contribution in [3.05, 3.63) is 65.2 Å². The van der Waals surface area contributed by atoms with Gasteiger partial charge in [-0.25, -0.2) is 0 Å². The average Bonchev–Trinajstić information content (AvgIpc) is 3.14. The summed E-state index contributed by atoms with van der Waals surface area (Å²) in [7, 11) is 1.92. The highest BCUT2D eigenvalue weighted by Gasteiger charge is 2.25. The van der Waals surface area contributed by atoms with Crippen molar-refractivity contribution in [3.8, 4) is 0 Å². The van der Waals surface area contributed by atoms with Gasteiger partial charge >= 0.3 is 0 Å². The van der Waals surface area contributed by atoms with Crippen molar-refractivity contribution in [2.75, 3.05) is 32.4 Å². The van der Waals surface area contributed by atoms with Gasteiger partial charge in [0.05, 0.1) is 12.5 Å². The van der Waals surface area contributed by atoms with Crippen LogP contribution in [0.3, 0.4) is 0 Å². The molecule has 0 saturated carbocycles. The van der Waals surface area contributed by atoms with Gasteiger partial charge in [-0.15, -0.1) is 0 Å². The molecule has 0 aliphatic carbocycles. The van der Waals surface area contributed by atoms with Crippen LogP contribution in [0.1, 0.15) is 35.6 Å². The van der Waals surface area contributed by atoms with E-state index in [0.29, 0.717) is 6.42 Å². The number of nitrogens with zero attached hydrogens (tertiary/aromatic N) is 2. The summed E-state index contributed by atoms with van der Waals surface area (Å²) in [6, 6.07) is 16.2. The predicted molar refractivity (Wildman–Crippen MR) is 107 cm³/mol. The van der Waals surface area contributed by atoms with Gasteiger partial charge in [0.2, 0.25) is 5.91 Å². The number of rotatable bonds is 6. The van der Waals surface area contributed by atoms with Crippen molar-refractivity contribution < 1.29 is 4.79 Å². The largest absolute Gasteiger partial charge is 0.399 e. The van der Waals surface area contributed by atoms with Crippen LogP contribution in [0.25, 0.3) is 0 Å². The molecule has 4 heteroatoms. The maximum absolute atomic E-state index is 12.9. The first-order chi connectivity index (χ1) is 12.5. The van der Waals surface area contributed by atoms with E-state index in [4.69, 9.17) is 5.73 Å². The lowest BCUT2D eigenvalue weighted by Crippen LogP contribution is -2.39. The Morgan fingerprint density at radius 1 is 1.15 bits per heavy atom. The zero-order chi connectivity index (χ0) is 18.5. The van der Waals surface area contributed by atoms with Crippen LogP contribution in [0.4, 0.5) is 5.69 Å². The van der Waals surface area contributed by atoms with Gasteiger partial charge in [-0.1, -0.05) is 42.0 Å². The van der Waals surface area contributed by atoms with E-state index in [9.17, 15) is 4.79 Å². The van der Waals surface area contributed by atoms with E-state index < -0.39 is 0 Å². The van der Waals surface area contributed by atoms with E-state index in [-0.39, 0.29) is 11.9 Å². The summed E-state index contributed by atoms with van der Waals surface area (Å²) in [5.74, 6) is 0.139. The average molecular weight is 351 g/mol. The molecule has 2 aromatic rings. The Bertz CT molecular complexity index is 735. The standard InChI is InChI=1S/C22H29N3O/c1-17-8-10-18(11-9-17)14-22(26)24(2)21(16-25-12-3-4-13-25)19-6-5-7-20(23)15-19/h5-11,15,21H,3-4,12-14,16,23H2,1-2H3/t21-/m1/s1. The van der Waals surface area contributed by atoms with Crippen molar-refractivity contribution in [1.82, 2.24) is 9.80 Å². The number of aryl methyl sites for hydroxylation is 1. The van der Waals surface area contributed by atoms with Gasteiger partial charge in [0.1, 0.15) is 0 Å². The van der Waals surface area contributed by atoms with Crippen molar-refractivity contribution in [2.24, 2.45) is 0 Å². The Morgan fingerprint density at radius 3 is 2.50 bits per heavy atom. The molecule has 2 aromatic carbocycles. The lowest BCUT2D eigenvalue weighted by molar-refractivity contribution is -0.131. The fraction of sp³-hybridized carbons (Fsp3) is 0.409. The summed E-state index contributed by atoms with van der Waals surface area (Å²) in [5.41, 5.74) is 10.1. The highest BCUT2D eigenvalue weighted by molar-refractivity contribution is 5.79. The van der Waals surface area contributed by atoms with Crippen molar-refractivity contribution in [1.29, 1.82) is 0 Å². The van der Waals surface area contributed by atoms with E-state index in [1.165, 1.54) is 18.4 Å². The molecule has 2 N–H and O–H groups in total. The van der Waals surface area contributed by atoms with E-state index in [2.05, 4.69) is 30.0 Å². The highest BCUT2D eigenvalue weighted by Crippen LogP contribution is 2.25. The summed E-state index contributed by atoms with van der Waals surface area (Å²) in [5, 5.41) is 0. The molecule has 4 nitrogen and oxygen atoms in total. The molecule has 3 rings (SSSR count). The lowest BCUT2D eigenvalue weighted by atomic mass is 10.0. The molecule has 1 aliphatic rings. The van der Waals surface area contributed by atoms with Gasteiger partial charge in [0.25, 0.3) is 0 Å². The van der Waals surface area contributed by atoms with E-state index >= 15 is 0 Å². The number of nitrogen functional groups attached to an aromatic ring is 1. The van der Waals surface area contributed by atoms with Gasteiger partial charge in [-0.2, -0.15) is 0 Å². The number of hydrogen-bond donors (Lipinski definition) is 1. The SMILES string of the molecule is Cc1ccc(CC(=O)N(C)[C@H](CN2CCCC2)c2cccc(N)c2)cc1. The third kappa shape index (κ3) is 4.64. The second kappa shape index (κ2) is 8.37. The maximum Gasteiger partial charge on any atom is 0.227 e. The van der Waals surface area contributed by atoms with E-state index in [0.717, 1.165) is 36.4 Å². The minimum absolute atomic E-state index is 0.0227.